The van der Waals surface area contributed by atoms with Gasteiger partial charge < -0.3 is 10.6 Å². The third kappa shape index (κ3) is 2.82. The highest BCUT2D eigenvalue weighted by Gasteiger charge is 2.44. The second-order valence-electron chi connectivity index (χ2n) is 6.09. The zero-order valence-corrected chi connectivity index (χ0v) is 11.2. The van der Waals surface area contributed by atoms with Gasteiger partial charge in [0.1, 0.15) is 0 Å². The van der Waals surface area contributed by atoms with Crippen molar-refractivity contribution in [3.05, 3.63) is 0 Å². The largest absolute Gasteiger partial charge is 0.338 e. The molecule has 0 bridgehead atoms. The Morgan fingerprint density at radius 3 is 2.65 bits per heavy atom. The van der Waals surface area contributed by atoms with E-state index in [1.54, 1.807) is 0 Å². The summed E-state index contributed by atoms with van der Waals surface area (Å²) >= 11 is 0. The molecule has 0 aromatic heterocycles. The summed E-state index contributed by atoms with van der Waals surface area (Å²) < 4.78 is 0. The van der Waals surface area contributed by atoms with Gasteiger partial charge >= 0.3 is 0 Å². The van der Waals surface area contributed by atoms with Crippen LogP contribution >= 0.6 is 0 Å². The van der Waals surface area contributed by atoms with E-state index in [-0.39, 0.29) is 5.91 Å². The fourth-order valence-electron chi connectivity index (χ4n) is 3.15. The molecule has 0 heterocycles. The molecule has 2 atom stereocenters. The highest BCUT2D eigenvalue weighted by Crippen LogP contribution is 2.35. The lowest BCUT2D eigenvalue weighted by molar-refractivity contribution is -0.139. The molecule has 2 fully saturated rings. The molecule has 0 radical (unpaired) electrons. The molecule has 2 rings (SSSR count). The molecule has 3 heteroatoms. The van der Waals surface area contributed by atoms with Gasteiger partial charge in [0.2, 0.25) is 5.91 Å². The standard InChI is InChI=1S/C14H26N2O/c1-3-9-16(12-6-7-12)13(17)14(15)8-4-5-11(2)10-14/h11-12H,3-10,15H2,1-2H3. The normalized spacial score (nSPS) is 33.5. The third-order valence-electron chi connectivity index (χ3n) is 4.17. The summed E-state index contributed by atoms with van der Waals surface area (Å²) in [6.07, 6.45) is 7.47. The summed E-state index contributed by atoms with van der Waals surface area (Å²) in [4.78, 5) is 14.7. The van der Waals surface area contributed by atoms with Gasteiger partial charge in [0.05, 0.1) is 5.54 Å². The van der Waals surface area contributed by atoms with Crippen molar-refractivity contribution in [2.45, 2.75) is 70.4 Å². The van der Waals surface area contributed by atoms with Gasteiger partial charge in [-0.15, -0.1) is 0 Å². The Hall–Kier alpha value is -0.570. The molecule has 2 saturated carbocycles. The van der Waals surface area contributed by atoms with Crippen molar-refractivity contribution in [3.8, 4) is 0 Å². The maximum Gasteiger partial charge on any atom is 0.242 e. The second kappa shape index (κ2) is 4.97. The fraction of sp³-hybridized carbons (Fsp3) is 0.929. The number of rotatable bonds is 4. The number of carbonyl (C=O) groups excluding carboxylic acids is 1. The SMILES string of the molecule is CCCN(C(=O)C1(N)CCCC(C)C1)C1CC1. The molecule has 3 nitrogen and oxygen atoms in total. The molecule has 2 aliphatic carbocycles. The van der Waals surface area contributed by atoms with Gasteiger partial charge in [0.15, 0.2) is 0 Å². The summed E-state index contributed by atoms with van der Waals surface area (Å²) in [6.45, 7) is 5.24. The number of nitrogens with two attached hydrogens (primary N) is 1. The van der Waals surface area contributed by atoms with Crippen molar-refractivity contribution in [1.29, 1.82) is 0 Å². The van der Waals surface area contributed by atoms with E-state index >= 15 is 0 Å². The minimum Gasteiger partial charge on any atom is -0.338 e. The summed E-state index contributed by atoms with van der Waals surface area (Å²) in [6, 6.07) is 0.500. The molecular weight excluding hydrogens is 212 g/mol. The molecular formula is C14H26N2O. The Morgan fingerprint density at radius 1 is 1.41 bits per heavy atom. The van der Waals surface area contributed by atoms with Crippen LogP contribution in [-0.4, -0.2) is 28.9 Å². The highest BCUT2D eigenvalue weighted by atomic mass is 16.2. The lowest BCUT2D eigenvalue weighted by Gasteiger charge is -2.39. The van der Waals surface area contributed by atoms with Crippen LogP contribution in [0.25, 0.3) is 0 Å². The molecule has 0 aliphatic heterocycles. The van der Waals surface area contributed by atoms with Gasteiger partial charge in [0, 0.05) is 12.6 Å². The van der Waals surface area contributed by atoms with Crippen molar-refractivity contribution >= 4 is 5.91 Å². The number of nitrogens with zero attached hydrogens (tertiary/aromatic N) is 1. The average molecular weight is 238 g/mol. The molecule has 0 saturated heterocycles. The number of amides is 1. The molecule has 2 unspecified atom stereocenters. The van der Waals surface area contributed by atoms with Crippen LogP contribution in [0, 0.1) is 5.92 Å². The van der Waals surface area contributed by atoms with Crippen molar-refractivity contribution < 1.29 is 4.79 Å². The summed E-state index contributed by atoms with van der Waals surface area (Å²) in [5.41, 5.74) is 5.84. The van der Waals surface area contributed by atoms with Gasteiger partial charge in [-0.25, -0.2) is 0 Å². The summed E-state index contributed by atoms with van der Waals surface area (Å²) in [5, 5.41) is 0. The van der Waals surface area contributed by atoms with Crippen LogP contribution in [0.5, 0.6) is 0 Å². The first-order chi connectivity index (χ1) is 8.07. The minimum atomic E-state index is -0.560. The van der Waals surface area contributed by atoms with Crippen molar-refractivity contribution in [2.75, 3.05) is 6.54 Å². The van der Waals surface area contributed by atoms with Crippen LogP contribution in [0.3, 0.4) is 0 Å². The summed E-state index contributed by atoms with van der Waals surface area (Å²) in [7, 11) is 0. The lowest BCUT2D eigenvalue weighted by Crippen LogP contribution is -2.58. The van der Waals surface area contributed by atoms with Gasteiger partial charge in [-0.3, -0.25) is 4.79 Å². The first-order valence-corrected chi connectivity index (χ1v) is 7.17. The van der Waals surface area contributed by atoms with Gasteiger partial charge in [-0.2, -0.15) is 0 Å². The van der Waals surface area contributed by atoms with Gasteiger partial charge in [-0.05, 0) is 38.0 Å². The van der Waals surface area contributed by atoms with Crippen molar-refractivity contribution in [1.82, 2.24) is 4.90 Å². The zero-order valence-electron chi connectivity index (χ0n) is 11.2. The molecule has 17 heavy (non-hydrogen) atoms. The monoisotopic (exact) mass is 238 g/mol. The lowest BCUT2D eigenvalue weighted by atomic mass is 9.76. The van der Waals surface area contributed by atoms with Crippen LogP contribution in [0.4, 0.5) is 0 Å². The first-order valence-electron chi connectivity index (χ1n) is 7.17. The molecule has 1 amide bonds. The van der Waals surface area contributed by atoms with E-state index in [1.807, 2.05) is 0 Å². The van der Waals surface area contributed by atoms with Crippen LogP contribution in [-0.2, 0) is 4.79 Å². The second-order valence-corrected chi connectivity index (χ2v) is 6.09. The minimum absolute atomic E-state index is 0.230. The van der Waals surface area contributed by atoms with E-state index in [0.717, 1.165) is 32.2 Å². The first kappa shape index (κ1) is 12.9. The van der Waals surface area contributed by atoms with Gasteiger partial charge in [0.25, 0.3) is 0 Å². The highest BCUT2D eigenvalue weighted by molar-refractivity contribution is 5.86. The van der Waals surface area contributed by atoms with E-state index < -0.39 is 5.54 Å². The van der Waals surface area contributed by atoms with E-state index in [2.05, 4.69) is 18.7 Å². The maximum absolute atomic E-state index is 12.6. The number of carbonyl (C=O) groups is 1. The zero-order chi connectivity index (χ0) is 12.5. The Bertz CT molecular complexity index is 288. The van der Waals surface area contributed by atoms with E-state index in [0.29, 0.717) is 12.0 Å². The maximum atomic E-state index is 12.6. The summed E-state index contributed by atoms with van der Waals surface area (Å²) in [5.74, 6) is 0.828. The average Bonchev–Trinajstić information content (AvgIpc) is 3.08. The van der Waals surface area contributed by atoms with E-state index in [1.165, 1.54) is 19.3 Å². The predicted molar refractivity (Wildman–Crippen MR) is 69.6 cm³/mol. The number of hydrogen-bond donors (Lipinski definition) is 1. The molecule has 0 aromatic carbocycles. The topological polar surface area (TPSA) is 46.3 Å². The van der Waals surface area contributed by atoms with Crippen LogP contribution in [0.15, 0.2) is 0 Å². The van der Waals surface area contributed by atoms with Crippen molar-refractivity contribution in [2.24, 2.45) is 11.7 Å². The Balaban J connectivity index is 2.05. The quantitative estimate of drug-likeness (QED) is 0.817. The third-order valence-corrected chi connectivity index (χ3v) is 4.17. The molecule has 0 aromatic rings. The molecule has 98 valence electrons. The van der Waals surface area contributed by atoms with Crippen LogP contribution < -0.4 is 5.73 Å². The van der Waals surface area contributed by atoms with E-state index in [4.69, 9.17) is 5.73 Å². The Kier molecular flexibility index (Phi) is 3.76. The molecule has 2 N–H and O–H groups in total. The van der Waals surface area contributed by atoms with E-state index in [9.17, 15) is 4.79 Å². The molecule has 0 spiro atoms. The predicted octanol–water partition coefficient (Wildman–Crippen LogP) is 2.29. The Morgan fingerprint density at radius 2 is 2.12 bits per heavy atom. The fourth-order valence-corrected chi connectivity index (χ4v) is 3.15. The Labute approximate surface area is 105 Å². The molecule has 2 aliphatic rings. The number of hydrogen-bond acceptors (Lipinski definition) is 2. The van der Waals surface area contributed by atoms with Crippen molar-refractivity contribution in [3.63, 3.8) is 0 Å². The van der Waals surface area contributed by atoms with Crippen LogP contribution in [0.2, 0.25) is 0 Å². The van der Waals surface area contributed by atoms with Crippen LogP contribution in [0.1, 0.15) is 58.8 Å². The van der Waals surface area contributed by atoms with Gasteiger partial charge in [-0.1, -0.05) is 26.7 Å². The smallest absolute Gasteiger partial charge is 0.242 e.